The third kappa shape index (κ3) is 3.96. The number of rotatable bonds is 5. The lowest BCUT2D eigenvalue weighted by Gasteiger charge is -2.15. The predicted octanol–water partition coefficient (Wildman–Crippen LogP) is 3.21. The molecule has 4 heteroatoms. The monoisotopic (exact) mass is 274 g/mol. The maximum atomic E-state index is 13.2. The van der Waals surface area contributed by atoms with E-state index in [2.05, 4.69) is 16.3 Å². The Bertz CT molecular complexity index is 564. The van der Waals surface area contributed by atoms with E-state index < -0.39 is 5.82 Å². The summed E-state index contributed by atoms with van der Waals surface area (Å²) in [5.74, 6) is -0.480. The largest absolute Gasteiger partial charge is 0.508 e. The highest BCUT2D eigenvalue weighted by Crippen LogP contribution is 2.19. The lowest BCUT2D eigenvalue weighted by molar-refractivity contribution is 0.403. The van der Waals surface area contributed by atoms with Crippen molar-refractivity contribution in [1.82, 2.24) is 4.90 Å². The summed E-state index contributed by atoms with van der Waals surface area (Å²) in [6.07, 6.45) is 0. The SMILES string of the molecule is CN(C)Cc1ccccc1NCc1cc(O)cc(F)c1. The van der Waals surface area contributed by atoms with E-state index >= 15 is 0 Å². The summed E-state index contributed by atoms with van der Waals surface area (Å²) in [6, 6.07) is 12.1. The van der Waals surface area contributed by atoms with Gasteiger partial charge in [0, 0.05) is 24.8 Å². The average molecular weight is 274 g/mol. The molecule has 0 spiro atoms. The van der Waals surface area contributed by atoms with Gasteiger partial charge in [0.2, 0.25) is 0 Å². The molecular weight excluding hydrogens is 255 g/mol. The van der Waals surface area contributed by atoms with Crippen LogP contribution in [0.1, 0.15) is 11.1 Å². The second kappa shape index (κ2) is 6.39. The maximum Gasteiger partial charge on any atom is 0.127 e. The molecule has 0 aliphatic rings. The van der Waals surface area contributed by atoms with Crippen LogP contribution in [0.25, 0.3) is 0 Å². The highest BCUT2D eigenvalue weighted by atomic mass is 19.1. The summed E-state index contributed by atoms with van der Waals surface area (Å²) in [5, 5.41) is 12.7. The van der Waals surface area contributed by atoms with Crippen molar-refractivity contribution in [3.8, 4) is 5.75 Å². The Labute approximate surface area is 118 Å². The molecule has 0 aromatic heterocycles. The third-order valence-corrected chi connectivity index (χ3v) is 2.93. The number of anilines is 1. The smallest absolute Gasteiger partial charge is 0.127 e. The molecule has 3 nitrogen and oxygen atoms in total. The number of hydrogen-bond donors (Lipinski definition) is 2. The van der Waals surface area contributed by atoms with E-state index in [0.29, 0.717) is 12.1 Å². The van der Waals surface area contributed by atoms with Crippen molar-refractivity contribution in [2.24, 2.45) is 0 Å². The van der Waals surface area contributed by atoms with Gasteiger partial charge in [-0.2, -0.15) is 0 Å². The van der Waals surface area contributed by atoms with Gasteiger partial charge in [-0.15, -0.1) is 0 Å². The first-order valence-electron chi connectivity index (χ1n) is 6.49. The van der Waals surface area contributed by atoms with Crippen LogP contribution in [0.15, 0.2) is 42.5 Å². The highest BCUT2D eigenvalue weighted by Gasteiger charge is 2.04. The van der Waals surface area contributed by atoms with Crippen molar-refractivity contribution in [2.75, 3.05) is 19.4 Å². The van der Waals surface area contributed by atoms with Gasteiger partial charge in [0.1, 0.15) is 11.6 Å². The van der Waals surface area contributed by atoms with Gasteiger partial charge < -0.3 is 15.3 Å². The van der Waals surface area contributed by atoms with Gasteiger partial charge in [-0.05, 0) is 43.4 Å². The standard InChI is InChI=1S/C16H19FN2O/c1-19(2)11-13-5-3-4-6-16(13)18-10-12-7-14(17)9-15(20)8-12/h3-9,18,20H,10-11H2,1-2H3. The minimum Gasteiger partial charge on any atom is -0.508 e. The molecular formula is C16H19FN2O. The molecule has 106 valence electrons. The minimum atomic E-state index is -0.427. The van der Waals surface area contributed by atoms with Crippen molar-refractivity contribution < 1.29 is 9.50 Å². The van der Waals surface area contributed by atoms with E-state index in [-0.39, 0.29) is 5.75 Å². The van der Waals surface area contributed by atoms with Gasteiger partial charge in [0.05, 0.1) is 0 Å². The Morgan fingerprint density at radius 2 is 1.90 bits per heavy atom. The number of aromatic hydroxyl groups is 1. The summed E-state index contributed by atoms with van der Waals surface area (Å²) in [6.45, 7) is 1.30. The Hall–Kier alpha value is -2.07. The fourth-order valence-corrected chi connectivity index (χ4v) is 2.10. The Kier molecular flexibility index (Phi) is 4.58. The average Bonchev–Trinajstić information content (AvgIpc) is 2.36. The second-order valence-electron chi connectivity index (χ2n) is 5.07. The molecule has 0 amide bonds. The van der Waals surface area contributed by atoms with Crippen molar-refractivity contribution in [2.45, 2.75) is 13.1 Å². The molecule has 0 aliphatic heterocycles. The molecule has 0 atom stereocenters. The molecule has 2 rings (SSSR count). The molecule has 0 saturated carbocycles. The number of benzene rings is 2. The van der Waals surface area contributed by atoms with Crippen LogP contribution in [0.2, 0.25) is 0 Å². The third-order valence-electron chi connectivity index (χ3n) is 2.93. The molecule has 2 aromatic rings. The summed E-state index contributed by atoms with van der Waals surface area (Å²) in [7, 11) is 4.03. The van der Waals surface area contributed by atoms with E-state index in [1.165, 1.54) is 11.6 Å². The Morgan fingerprint density at radius 3 is 2.60 bits per heavy atom. The number of para-hydroxylation sites is 1. The van der Waals surface area contributed by atoms with Gasteiger partial charge in [-0.3, -0.25) is 0 Å². The molecule has 0 unspecified atom stereocenters. The molecule has 2 aromatic carbocycles. The highest BCUT2D eigenvalue weighted by molar-refractivity contribution is 5.51. The van der Waals surface area contributed by atoms with Crippen molar-refractivity contribution in [1.29, 1.82) is 0 Å². The molecule has 0 heterocycles. The molecule has 0 bridgehead atoms. The van der Waals surface area contributed by atoms with Gasteiger partial charge >= 0.3 is 0 Å². The summed E-state index contributed by atoms with van der Waals surface area (Å²) in [4.78, 5) is 2.09. The quantitative estimate of drug-likeness (QED) is 0.879. The zero-order valence-corrected chi connectivity index (χ0v) is 11.7. The topological polar surface area (TPSA) is 35.5 Å². The first-order valence-corrected chi connectivity index (χ1v) is 6.49. The van der Waals surface area contributed by atoms with Gasteiger partial charge in [0.15, 0.2) is 0 Å². The van der Waals surface area contributed by atoms with Crippen LogP contribution in [0, 0.1) is 5.82 Å². The molecule has 0 saturated heterocycles. The summed E-state index contributed by atoms with van der Waals surface area (Å²) in [5.41, 5.74) is 2.91. The van der Waals surface area contributed by atoms with Crippen molar-refractivity contribution in [3.63, 3.8) is 0 Å². The fraction of sp³-hybridized carbons (Fsp3) is 0.250. The summed E-state index contributed by atoms with van der Waals surface area (Å²) < 4.78 is 13.2. The van der Waals surface area contributed by atoms with Gasteiger partial charge in [-0.1, -0.05) is 18.2 Å². The first kappa shape index (κ1) is 14.3. The van der Waals surface area contributed by atoms with Gasteiger partial charge in [-0.25, -0.2) is 4.39 Å². The Morgan fingerprint density at radius 1 is 1.15 bits per heavy atom. The number of hydrogen-bond acceptors (Lipinski definition) is 3. The van der Waals surface area contributed by atoms with Crippen LogP contribution in [-0.4, -0.2) is 24.1 Å². The summed E-state index contributed by atoms with van der Waals surface area (Å²) >= 11 is 0. The van der Waals surface area contributed by atoms with Crippen LogP contribution in [0.5, 0.6) is 5.75 Å². The van der Waals surface area contributed by atoms with E-state index in [1.807, 2.05) is 32.3 Å². The van der Waals surface area contributed by atoms with Gasteiger partial charge in [0.25, 0.3) is 0 Å². The van der Waals surface area contributed by atoms with E-state index in [1.54, 1.807) is 6.07 Å². The van der Waals surface area contributed by atoms with E-state index in [4.69, 9.17) is 0 Å². The molecule has 20 heavy (non-hydrogen) atoms. The lowest BCUT2D eigenvalue weighted by Crippen LogP contribution is -2.12. The van der Waals surface area contributed by atoms with Crippen molar-refractivity contribution >= 4 is 5.69 Å². The number of phenolic OH excluding ortho intramolecular Hbond substituents is 1. The van der Waals surface area contributed by atoms with Crippen LogP contribution >= 0.6 is 0 Å². The number of nitrogens with zero attached hydrogens (tertiary/aromatic N) is 1. The van der Waals surface area contributed by atoms with E-state index in [0.717, 1.165) is 18.3 Å². The maximum absolute atomic E-state index is 13.2. The second-order valence-corrected chi connectivity index (χ2v) is 5.07. The van der Waals surface area contributed by atoms with Crippen molar-refractivity contribution in [3.05, 3.63) is 59.4 Å². The molecule has 2 N–H and O–H groups in total. The normalized spacial score (nSPS) is 10.8. The molecule has 0 aliphatic carbocycles. The number of nitrogens with one attached hydrogen (secondary N) is 1. The molecule has 0 radical (unpaired) electrons. The zero-order chi connectivity index (χ0) is 14.5. The predicted molar refractivity (Wildman–Crippen MR) is 79.2 cm³/mol. The fourth-order valence-electron chi connectivity index (χ4n) is 2.10. The van der Waals surface area contributed by atoms with Crippen LogP contribution in [-0.2, 0) is 13.1 Å². The van der Waals surface area contributed by atoms with E-state index in [9.17, 15) is 9.50 Å². The number of phenols is 1. The van der Waals surface area contributed by atoms with Crippen LogP contribution in [0.4, 0.5) is 10.1 Å². The molecule has 0 fully saturated rings. The number of halogens is 1. The lowest BCUT2D eigenvalue weighted by atomic mass is 10.1. The zero-order valence-electron chi connectivity index (χ0n) is 11.7. The first-order chi connectivity index (χ1) is 9.54. The minimum absolute atomic E-state index is 0.0524. The van der Waals surface area contributed by atoms with Crippen LogP contribution in [0.3, 0.4) is 0 Å². The Balaban J connectivity index is 2.10. The van der Waals surface area contributed by atoms with Crippen LogP contribution < -0.4 is 5.32 Å².